The van der Waals surface area contributed by atoms with Crippen molar-refractivity contribution >= 4 is 11.1 Å². The Bertz CT molecular complexity index is 838. The van der Waals surface area contributed by atoms with E-state index >= 15 is 0 Å². The summed E-state index contributed by atoms with van der Waals surface area (Å²) in [6, 6.07) is 9.52. The monoisotopic (exact) mass is 300 g/mol. The molecule has 3 aromatic rings. The van der Waals surface area contributed by atoms with Crippen LogP contribution in [0.1, 0.15) is 24.8 Å². The van der Waals surface area contributed by atoms with Crippen LogP contribution >= 0.6 is 0 Å². The lowest BCUT2D eigenvalue weighted by molar-refractivity contribution is 0.452. The maximum atomic E-state index is 13.4. The molecular formula is C17H14F2N2O. The number of nitrogens with one attached hydrogen (secondary N) is 1. The molecule has 2 heterocycles. The van der Waals surface area contributed by atoms with Gasteiger partial charge in [-0.3, -0.25) is 0 Å². The Hall–Kier alpha value is -2.27. The minimum Gasteiger partial charge on any atom is -0.439 e. The normalized spacial score (nSPS) is 18.2. The Kier molecular flexibility index (Phi) is 3.15. The van der Waals surface area contributed by atoms with E-state index in [4.69, 9.17) is 4.42 Å². The third kappa shape index (κ3) is 2.27. The second-order valence-corrected chi connectivity index (χ2v) is 5.51. The minimum absolute atomic E-state index is 0.166. The van der Waals surface area contributed by atoms with Crippen LogP contribution < -0.4 is 5.32 Å². The van der Waals surface area contributed by atoms with Crippen LogP contribution in [-0.2, 0) is 0 Å². The smallest absolute Gasteiger partial charge is 0.212 e. The van der Waals surface area contributed by atoms with E-state index in [0.29, 0.717) is 17.0 Å². The molecule has 1 saturated heterocycles. The van der Waals surface area contributed by atoms with E-state index < -0.39 is 11.6 Å². The van der Waals surface area contributed by atoms with Gasteiger partial charge in [0.1, 0.15) is 5.52 Å². The van der Waals surface area contributed by atoms with E-state index in [1.165, 1.54) is 6.07 Å². The summed E-state index contributed by atoms with van der Waals surface area (Å²) < 4.78 is 32.2. The van der Waals surface area contributed by atoms with E-state index in [1.807, 2.05) is 18.2 Å². The number of halogens is 2. The number of oxazole rings is 1. The number of rotatable bonds is 2. The van der Waals surface area contributed by atoms with Gasteiger partial charge in [0.2, 0.25) is 5.89 Å². The molecule has 0 bridgehead atoms. The van der Waals surface area contributed by atoms with Gasteiger partial charge < -0.3 is 9.73 Å². The van der Waals surface area contributed by atoms with Gasteiger partial charge in [-0.2, -0.15) is 0 Å². The minimum atomic E-state index is -0.853. The predicted molar refractivity (Wildman–Crippen MR) is 79.3 cm³/mol. The molecule has 2 aromatic carbocycles. The van der Waals surface area contributed by atoms with Gasteiger partial charge in [0.15, 0.2) is 17.2 Å². The first kappa shape index (κ1) is 13.4. The summed E-state index contributed by atoms with van der Waals surface area (Å²) in [6.45, 7) is 0.976. The van der Waals surface area contributed by atoms with Crippen LogP contribution in [0.2, 0.25) is 0 Å². The predicted octanol–water partition coefficient (Wildman–Crippen LogP) is 4.20. The van der Waals surface area contributed by atoms with Gasteiger partial charge in [0, 0.05) is 0 Å². The fourth-order valence-corrected chi connectivity index (χ4v) is 2.84. The van der Waals surface area contributed by atoms with Gasteiger partial charge in [-0.1, -0.05) is 12.1 Å². The lowest BCUT2D eigenvalue weighted by Crippen LogP contribution is -2.12. The fourth-order valence-electron chi connectivity index (χ4n) is 2.84. The molecular weight excluding hydrogens is 286 g/mol. The number of aromatic nitrogens is 1. The molecule has 4 rings (SSSR count). The molecule has 1 fully saturated rings. The zero-order valence-electron chi connectivity index (χ0n) is 11.8. The fraction of sp³-hybridized carbons (Fsp3) is 0.235. The van der Waals surface area contributed by atoms with Crippen LogP contribution in [0.4, 0.5) is 8.78 Å². The second kappa shape index (κ2) is 5.18. The lowest BCUT2D eigenvalue weighted by atomic mass is 10.1. The zero-order chi connectivity index (χ0) is 15.1. The van der Waals surface area contributed by atoms with E-state index in [0.717, 1.165) is 36.5 Å². The molecule has 0 saturated carbocycles. The highest BCUT2D eigenvalue weighted by molar-refractivity contribution is 5.80. The van der Waals surface area contributed by atoms with Crippen LogP contribution in [0.25, 0.3) is 22.2 Å². The van der Waals surface area contributed by atoms with Gasteiger partial charge >= 0.3 is 0 Å². The number of hydrogen-bond donors (Lipinski definition) is 1. The number of benzene rings is 2. The van der Waals surface area contributed by atoms with Crippen molar-refractivity contribution in [3.05, 3.63) is 53.9 Å². The van der Waals surface area contributed by atoms with E-state index in [1.54, 1.807) is 6.07 Å². The Balaban J connectivity index is 1.74. The topological polar surface area (TPSA) is 38.1 Å². The van der Waals surface area contributed by atoms with Crippen molar-refractivity contribution in [3.8, 4) is 11.1 Å². The number of fused-ring (bicyclic) bond motifs is 1. The van der Waals surface area contributed by atoms with E-state index in [2.05, 4.69) is 10.3 Å². The Labute approximate surface area is 126 Å². The molecule has 0 aliphatic carbocycles. The summed E-state index contributed by atoms with van der Waals surface area (Å²) in [5.41, 5.74) is 2.83. The molecule has 0 spiro atoms. The first-order valence-corrected chi connectivity index (χ1v) is 7.30. The van der Waals surface area contributed by atoms with Crippen LogP contribution in [0, 0.1) is 11.6 Å². The molecule has 5 heteroatoms. The van der Waals surface area contributed by atoms with Crippen LogP contribution in [0.3, 0.4) is 0 Å². The molecule has 1 unspecified atom stereocenters. The largest absolute Gasteiger partial charge is 0.439 e. The van der Waals surface area contributed by atoms with E-state index in [9.17, 15) is 8.78 Å². The van der Waals surface area contributed by atoms with Crippen LogP contribution in [0.15, 0.2) is 40.8 Å². The standard InChI is InChI=1S/C17H14F2N2O/c18-12-5-3-10(8-13(12)19)11-4-6-16-15(9-11)21-17(22-16)14-2-1-7-20-14/h3-6,8-9,14,20H,1-2,7H2. The third-order valence-corrected chi connectivity index (χ3v) is 4.02. The molecule has 1 atom stereocenters. The summed E-state index contributed by atoms with van der Waals surface area (Å²) in [5, 5.41) is 3.35. The van der Waals surface area contributed by atoms with Gasteiger partial charge in [0.25, 0.3) is 0 Å². The van der Waals surface area contributed by atoms with Crippen molar-refractivity contribution in [2.45, 2.75) is 18.9 Å². The van der Waals surface area contributed by atoms with Crippen molar-refractivity contribution < 1.29 is 13.2 Å². The number of nitrogens with zero attached hydrogens (tertiary/aromatic N) is 1. The number of hydrogen-bond acceptors (Lipinski definition) is 3. The quantitative estimate of drug-likeness (QED) is 0.771. The molecule has 1 aliphatic heterocycles. The van der Waals surface area contributed by atoms with Crippen LogP contribution in [0.5, 0.6) is 0 Å². The molecule has 1 aliphatic rings. The summed E-state index contributed by atoms with van der Waals surface area (Å²) in [4.78, 5) is 4.52. The maximum Gasteiger partial charge on any atom is 0.212 e. The highest BCUT2D eigenvalue weighted by Crippen LogP contribution is 2.29. The van der Waals surface area contributed by atoms with Crippen LogP contribution in [-0.4, -0.2) is 11.5 Å². The Morgan fingerprint density at radius 2 is 1.86 bits per heavy atom. The van der Waals surface area contributed by atoms with Crippen molar-refractivity contribution in [1.82, 2.24) is 10.3 Å². The molecule has 112 valence electrons. The summed E-state index contributed by atoms with van der Waals surface area (Å²) in [5.74, 6) is -1.01. The Morgan fingerprint density at radius 3 is 2.64 bits per heavy atom. The van der Waals surface area contributed by atoms with Crippen molar-refractivity contribution in [2.24, 2.45) is 0 Å². The molecule has 0 amide bonds. The van der Waals surface area contributed by atoms with E-state index in [-0.39, 0.29) is 6.04 Å². The molecule has 0 radical (unpaired) electrons. The van der Waals surface area contributed by atoms with Gasteiger partial charge in [-0.25, -0.2) is 13.8 Å². The first-order valence-electron chi connectivity index (χ1n) is 7.30. The molecule has 1 N–H and O–H groups in total. The van der Waals surface area contributed by atoms with Crippen molar-refractivity contribution in [2.75, 3.05) is 6.54 Å². The molecule has 1 aromatic heterocycles. The average Bonchev–Trinajstić information content (AvgIpc) is 3.17. The van der Waals surface area contributed by atoms with Gasteiger partial charge in [0.05, 0.1) is 6.04 Å². The summed E-state index contributed by atoms with van der Waals surface area (Å²) >= 11 is 0. The average molecular weight is 300 g/mol. The summed E-state index contributed by atoms with van der Waals surface area (Å²) in [7, 11) is 0. The SMILES string of the molecule is Fc1ccc(-c2ccc3oc(C4CCCN4)nc3c2)cc1F. The summed E-state index contributed by atoms with van der Waals surface area (Å²) in [6.07, 6.45) is 2.13. The molecule has 3 nitrogen and oxygen atoms in total. The van der Waals surface area contributed by atoms with Gasteiger partial charge in [-0.05, 0) is 54.8 Å². The highest BCUT2D eigenvalue weighted by atomic mass is 19.2. The maximum absolute atomic E-state index is 13.4. The van der Waals surface area contributed by atoms with Crippen molar-refractivity contribution in [3.63, 3.8) is 0 Å². The lowest BCUT2D eigenvalue weighted by Gasteiger charge is -2.02. The zero-order valence-corrected chi connectivity index (χ0v) is 11.8. The molecule has 22 heavy (non-hydrogen) atoms. The van der Waals surface area contributed by atoms with Gasteiger partial charge in [-0.15, -0.1) is 0 Å². The first-order chi connectivity index (χ1) is 10.7. The highest BCUT2D eigenvalue weighted by Gasteiger charge is 2.21. The Morgan fingerprint density at radius 1 is 1.05 bits per heavy atom. The second-order valence-electron chi connectivity index (χ2n) is 5.51. The van der Waals surface area contributed by atoms with Crippen molar-refractivity contribution in [1.29, 1.82) is 0 Å². The third-order valence-electron chi connectivity index (χ3n) is 4.02.